The fourth-order valence-corrected chi connectivity index (χ4v) is 3.89. The lowest BCUT2D eigenvalue weighted by molar-refractivity contribution is 0.411. The van der Waals surface area contributed by atoms with Crippen LogP contribution in [0.15, 0.2) is 0 Å². The lowest BCUT2D eigenvalue weighted by Gasteiger charge is -2.23. The minimum Gasteiger partial charge on any atom is -0.212 e. The van der Waals surface area contributed by atoms with Gasteiger partial charge >= 0.3 is 0 Å². The van der Waals surface area contributed by atoms with Gasteiger partial charge < -0.3 is 0 Å². The van der Waals surface area contributed by atoms with E-state index in [0.717, 1.165) is 25.7 Å². The van der Waals surface area contributed by atoms with E-state index in [9.17, 15) is 8.42 Å². The predicted molar refractivity (Wildman–Crippen MR) is 63.7 cm³/mol. The zero-order valence-corrected chi connectivity index (χ0v) is 10.8. The van der Waals surface area contributed by atoms with Gasteiger partial charge in [0.05, 0.1) is 5.75 Å². The third-order valence-corrected chi connectivity index (χ3v) is 4.95. The van der Waals surface area contributed by atoms with E-state index < -0.39 is 10.0 Å². The molecule has 0 saturated heterocycles. The summed E-state index contributed by atoms with van der Waals surface area (Å²) in [6, 6.07) is 0.159. The fraction of sp³-hybridized carbons (Fsp3) is 1.00. The molecule has 90 valence electrons. The van der Waals surface area contributed by atoms with Crippen LogP contribution in [0.5, 0.6) is 0 Å². The first kappa shape index (κ1) is 13.3. The van der Waals surface area contributed by atoms with Crippen LogP contribution < -0.4 is 4.72 Å². The van der Waals surface area contributed by atoms with Crippen LogP contribution in [0, 0.1) is 5.92 Å². The molecule has 0 radical (unpaired) electrons. The first-order chi connectivity index (χ1) is 7.03. The van der Waals surface area contributed by atoms with Gasteiger partial charge in [0.2, 0.25) is 10.0 Å². The van der Waals surface area contributed by atoms with Gasteiger partial charge in [-0.25, -0.2) is 13.1 Å². The molecule has 1 saturated carbocycles. The minimum atomic E-state index is -3.13. The molecule has 15 heavy (non-hydrogen) atoms. The standard InChI is InChI=1S/C10H20ClNO2S/c1-9(7-11)8-15(13,14)12-10-5-3-2-4-6-10/h9-10,12H,2-8H2,1H3. The van der Waals surface area contributed by atoms with Crippen molar-refractivity contribution >= 4 is 21.6 Å². The van der Waals surface area contributed by atoms with Crippen LogP contribution >= 0.6 is 11.6 Å². The highest BCUT2D eigenvalue weighted by Gasteiger charge is 2.21. The van der Waals surface area contributed by atoms with Crippen molar-refractivity contribution in [3.05, 3.63) is 0 Å². The second-order valence-electron chi connectivity index (χ2n) is 4.49. The molecule has 1 aliphatic rings. The van der Waals surface area contributed by atoms with Gasteiger partial charge in [0, 0.05) is 11.9 Å². The van der Waals surface area contributed by atoms with E-state index in [1.165, 1.54) is 6.42 Å². The summed E-state index contributed by atoms with van der Waals surface area (Å²) in [7, 11) is -3.13. The van der Waals surface area contributed by atoms with E-state index in [-0.39, 0.29) is 17.7 Å². The molecule has 1 aliphatic carbocycles. The maximum Gasteiger partial charge on any atom is 0.212 e. The third kappa shape index (κ3) is 5.18. The lowest BCUT2D eigenvalue weighted by atomic mass is 9.96. The van der Waals surface area contributed by atoms with Crippen molar-refractivity contribution < 1.29 is 8.42 Å². The van der Waals surface area contributed by atoms with Crippen LogP contribution in [-0.4, -0.2) is 26.1 Å². The molecule has 1 atom stereocenters. The van der Waals surface area contributed by atoms with Gasteiger partial charge in [-0.1, -0.05) is 26.2 Å². The first-order valence-corrected chi connectivity index (χ1v) is 7.78. The molecule has 5 heteroatoms. The Morgan fingerprint density at radius 3 is 2.47 bits per heavy atom. The molecule has 0 bridgehead atoms. The van der Waals surface area contributed by atoms with Crippen LogP contribution in [-0.2, 0) is 10.0 Å². The van der Waals surface area contributed by atoms with Crippen molar-refractivity contribution in [2.24, 2.45) is 5.92 Å². The van der Waals surface area contributed by atoms with Gasteiger partial charge in [0.1, 0.15) is 0 Å². The molecule has 0 spiro atoms. The maximum atomic E-state index is 11.7. The average Bonchev–Trinajstić information content (AvgIpc) is 2.17. The molecule has 1 unspecified atom stereocenters. The molecule has 0 aromatic rings. The third-order valence-electron chi connectivity index (χ3n) is 2.72. The zero-order chi connectivity index (χ0) is 11.3. The van der Waals surface area contributed by atoms with Gasteiger partial charge in [-0.2, -0.15) is 0 Å². The van der Waals surface area contributed by atoms with E-state index in [2.05, 4.69) is 4.72 Å². The minimum absolute atomic E-state index is 0.0211. The van der Waals surface area contributed by atoms with Crippen LogP contribution in [0.2, 0.25) is 0 Å². The largest absolute Gasteiger partial charge is 0.212 e. The Bertz CT molecular complexity index is 273. The van der Waals surface area contributed by atoms with E-state index in [4.69, 9.17) is 11.6 Å². The van der Waals surface area contributed by atoms with E-state index >= 15 is 0 Å². The van der Waals surface area contributed by atoms with E-state index in [1.807, 2.05) is 6.92 Å². The predicted octanol–water partition coefficient (Wildman–Crippen LogP) is 2.11. The number of hydrogen-bond acceptors (Lipinski definition) is 2. The van der Waals surface area contributed by atoms with Crippen molar-refractivity contribution in [3.8, 4) is 0 Å². The molecule has 0 heterocycles. The SMILES string of the molecule is CC(CCl)CS(=O)(=O)NC1CCCCC1. The Hall–Kier alpha value is 0.200. The molecule has 1 rings (SSSR count). The normalized spacial score (nSPS) is 21.5. The number of alkyl halides is 1. The maximum absolute atomic E-state index is 11.7. The summed E-state index contributed by atoms with van der Waals surface area (Å²) < 4.78 is 26.2. The van der Waals surface area contributed by atoms with Gasteiger partial charge in [0.25, 0.3) is 0 Å². The van der Waals surface area contributed by atoms with Gasteiger partial charge in [-0.3, -0.25) is 0 Å². The number of sulfonamides is 1. The quantitative estimate of drug-likeness (QED) is 0.763. The highest BCUT2D eigenvalue weighted by atomic mass is 35.5. The molecule has 0 aromatic heterocycles. The van der Waals surface area contributed by atoms with Gasteiger partial charge in [-0.05, 0) is 18.8 Å². The summed E-state index contributed by atoms with van der Waals surface area (Å²) in [6.45, 7) is 1.85. The second kappa shape index (κ2) is 6.06. The highest BCUT2D eigenvalue weighted by molar-refractivity contribution is 7.89. The van der Waals surface area contributed by atoms with Crippen molar-refractivity contribution in [1.82, 2.24) is 4.72 Å². The molecular weight excluding hydrogens is 234 g/mol. The first-order valence-electron chi connectivity index (χ1n) is 5.59. The van der Waals surface area contributed by atoms with Crippen molar-refractivity contribution in [2.45, 2.75) is 45.1 Å². The summed E-state index contributed by atoms with van der Waals surface area (Å²) in [4.78, 5) is 0. The number of rotatable bonds is 5. The topological polar surface area (TPSA) is 46.2 Å². The smallest absolute Gasteiger partial charge is 0.212 e. The van der Waals surface area contributed by atoms with Crippen LogP contribution in [0.1, 0.15) is 39.0 Å². The van der Waals surface area contributed by atoms with Crippen molar-refractivity contribution in [1.29, 1.82) is 0 Å². The van der Waals surface area contributed by atoms with Crippen LogP contribution in [0.4, 0.5) is 0 Å². The molecular formula is C10H20ClNO2S. The molecule has 0 aromatic carbocycles. The Morgan fingerprint density at radius 1 is 1.33 bits per heavy atom. The van der Waals surface area contributed by atoms with E-state index in [1.54, 1.807) is 0 Å². The summed E-state index contributed by atoms with van der Waals surface area (Å²) >= 11 is 5.61. The molecule has 3 nitrogen and oxygen atoms in total. The Balaban J connectivity index is 2.40. The summed E-state index contributed by atoms with van der Waals surface area (Å²) in [5.41, 5.74) is 0. The number of hydrogen-bond donors (Lipinski definition) is 1. The summed E-state index contributed by atoms with van der Waals surface area (Å²) in [6.07, 6.45) is 5.47. The lowest BCUT2D eigenvalue weighted by Crippen LogP contribution is -2.39. The molecule has 0 amide bonds. The zero-order valence-electron chi connectivity index (χ0n) is 9.21. The Labute approximate surface area is 97.6 Å². The van der Waals surface area contributed by atoms with Gasteiger partial charge in [-0.15, -0.1) is 11.6 Å². The highest BCUT2D eigenvalue weighted by Crippen LogP contribution is 2.18. The number of halogens is 1. The Morgan fingerprint density at radius 2 is 1.93 bits per heavy atom. The summed E-state index contributed by atoms with van der Waals surface area (Å²) in [5, 5.41) is 0. The van der Waals surface area contributed by atoms with E-state index in [0.29, 0.717) is 5.88 Å². The van der Waals surface area contributed by atoms with Gasteiger partial charge in [0.15, 0.2) is 0 Å². The molecule has 1 N–H and O–H groups in total. The van der Waals surface area contributed by atoms with Crippen LogP contribution in [0.3, 0.4) is 0 Å². The Kier molecular flexibility index (Phi) is 5.36. The fourth-order valence-electron chi connectivity index (χ4n) is 1.94. The summed E-state index contributed by atoms with van der Waals surface area (Å²) in [5.74, 6) is 0.561. The average molecular weight is 254 g/mol. The molecule has 1 fully saturated rings. The van der Waals surface area contributed by atoms with Crippen LogP contribution in [0.25, 0.3) is 0 Å². The number of nitrogens with one attached hydrogen (secondary N) is 1. The van der Waals surface area contributed by atoms with Crippen molar-refractivity contribution in [3.63, 3.8) is 0 Å². The second-order valence-corrected chi connectivity index (χ2v) is 6.60. The monoisotopic (exact) mass is 253 g/mol. The van der Waals surface area contributed by atoms with Crippen molar-refractivity contribution in [2.75, 3.05) is 11.6 Å². The molecule has 0 aliphatic heterocycles.